The SMILES string of the molecule is Cc1ccc(N2C(=O)C(C)N=C2N2CCN(C(=O)c3ccco3)CC2)cc1. The Labute approximate surface area is 157 Å². The molecule has 1 fully saturated rings. The number of aliphatic imine (C=N–C) groups is 1. The number of furan rings is 1. The third-order valence-corrected chi connectivity index (χ3v) is 4.96. The maximum atomic E-state index is 12.7. The lowest BCUT2D eigenvalue weighted by Gasteiger charge is -2.37. The van der Waals surface area contributed by atoms with Gasteiger partial charge >= 0.3 is 0 Å². The van der Waals surface area contributed by atoms with Crippen molar-refractivity contribution in [2.75, 3.05) is 31.1 Å². The summed E-state index contributed by atoms with van der Waals surface area (Å²) in [6, 6.07) is 10.9. The van der Waals surface area contributed by atoms with Crippen LogP contribution in [-0.2, 0) is 4.79 Å². The van der Waals surface area contributed by atoms with Gasteiger partial charge < -0.3 is 14.2 Å². The number of anilines is 1. The second-order valence-electron chi connectivity index (χ2n) is 6.87. The van der Waals surface area contributed by atoms with Crippen molar-refractivity contribution in [3.63, 3.8) is 0 Å². The predicted octanol–water partition coefficient (Wildman–Crippen LogP) is 2.14. The molecule has 0 N–H and O–H groups in total. The third-order valence-electron chi connectivity index (χ3n) is 4.96. The van der Waals surface area contributed by atoms with E-state index in [-0.39, 0.29) is 11.8 Å². The molecule has 0 bridgehead atoms. The number of guanidine groups is 1. The van der Waals surface area contributed by atoms with Crippen molar-refractivity contribution in [1.29, 1.82) is 0 Å². The Balaban J connectivity index is 1.49. The van der Waals surface area contributed by atoms with Crippen LogP contribution in [0.4, 0.5) is 5.69 Å². The summed E-state index contributed by atoms with van der Waals surface area (Å²) in [5.74, 6) is 0.893. The molecule has 7 heteroatoms. The number of carbonyl (C=O) groups is 2. The fraction of sp³-hybridized carbons (Fsp3) is 0.350. The van der Waals surface area contributed by atoms with E-state index in [1.165, 1.54) is 6.26 Å². The van der Waals surface area contributed by atoms with Crippen LogP contribution < -0.4 is 4.90 Å². The Morgan fingerprint density at radius 1 is 1.11 bits per heavy atom. The third kappa shape index (κ3) is 3.20. The first-order valence-electron chi connectivity index (χ1n) is 9.11. The number of carbonyl (C=O) groups excluding carboxylic acids is 2. The Hall–Kier alpha value is -3.09. The van der Waals surface area contributed by atoms with Crippen molar-refractivity contribution in [3.8, 4) is 0 Å². The largest absolute Gasteiger partial charge is 0.459 e. The number of amides is 2. The molecule has 1 atom stereocenters. The maximum absolute atomic E-state index is 12.7. The van der Waals surface area contributed by atoms with Gasteiger partial charge in [-0.3, -0.25) is 9.59 Å². The van der Waals surface area contributed by atoms with Gasteiger partial charge in [-0.1, -0.05) is 17.7 Å². The average Bonchev–Trinajstić information content (AvgIpc) is 3.32. The van der Waals surface area contributed by atoms with Gasteiger partial charge in [-0.05, 0) is 38.1 Å². The zero-order chi connectivity index (χ0) is 19.0. The first kappa shape index (κ1) is 17.3. The van der Waals surface area contributed by atoms with E-state index in [1.54, 1.807) is 21.9 Å². The van der Waals surface area contributed by atoms with E-state index in [0.717, 1.165) is 11.3 Å². The minimum absolute atomic E-state index is 0.0251. The van der Waals surface area contributed by atoms with Crippen LogP contribution in [0.25, 0.3) is 0 Å². The van der Waals surface area contributed by atoms with Gasteiger partial charge in [0.15, 0.2) is 5.76 Å². The zero-order valence-electron chi connectivity index (χ0n) is 15.5. The van der Waals surface area contributed by atoms with E-state index in [0.29, 0.717) is 37.9 Å². The Morgan fingerprint density at radius 3 is 2.44 bits per heavy atom. The van der Waals surface area contributed by atoms with Gasteiger partial charge in [0, 0.05) is 26.2 Å². The first-order chi connectivity index (χ1) is 13.0. The summed E-state index contributed by atoms with van der Waals surface area (Å²) in [6.45, 7) is 6.18. The molecule has 140 valence electrons. The van der Waals surface area contributed by atoms with Crippen LogP contribution >= 0.6 is 0 Å². The lowest BCUT2D eigenvalue weighted by atomic mass is 10.2. The zero-order valence-corrected chi connectivity index (χ0v) is 15.5. The normalized spacial score (nSPS) is 20.2. The summed E-state index contributed by atoms with van der Waals surface area (Å²) < 4.78 is 5.21. The fourth-order valence-electron chi connectivity index (χ4n) is 3.40. The summed E-state index contributed by atoms with van der Waals surface area (Å²) in [5, 5.41) is 0. The molecule has 1 aromatic heterocycles. The number of rotatable bonds is 2. The van der Waals surface area contributed by atoms with Crippen LogP contribution in [0.15, 0.2) is 52.1 Å². The number of hydrogen-bond acceptors (Lipinski definition) is 5. The van der Waals surface area contributed by atoms with E-state index < -0.39 is 6.04 Å². The van der Waals surface area contributed by atoms with Gasteiger partial charge in [-0.2, -0.15) is 0 Å². The lowest BCUT2D eigenvalue weighted by Crippen LogP contribution is -2.54. The van der Waals surface area contributed by atoms with E-state index >= 15 is 0 Å². The second kappa shape index (κ2) is 6.90. The van der Waals surface area contributed by atoms with Crippen LogP contribution in [-0.4, -0.2) is 59.8 Å². The van der Waals surface area contributed by atoms with Crippen molar-refractivity contribution >= 4 is 23.5 Å². The molecule has 0 aliphatic carbocycles. The van der Waals surface area contributed by atoms with E-state index in [1.807, 2.05) is 38.1 Å². The number of aryl methyl sites for hydroxylation is 1. The lowest BCUT2D eigenvalue weighted by molar-refractivity contribution is -0.117. The van der Waals surface area contributed by atoms with Crippen molar-refractivity contribution < 1.29 is 14.0 Å². The topological polar surface area (TPSA) is 69.4 Å². The highest BCUT2D eigenvalue weighted by atomic mass is 16.3. The summed E-state index contributed by atoms with van der Waals surface area (Å²) >= 11 is 0. The molecule has 7 nitrogen and oxygen atoms in total. The maximum Gasteiger partial charge on any atom is 0.289 e. The molecular formula is C20H22N4O3. The highest BCUT2D eigenvalue weighted by molar-refractivity contribution is 6.21. The van der Waals surface area contributed by atoms with Crippen molar-refractivity contribution in [3.05, 3.63) is 54.0 Å². The highest BCUT2D eigenvalue weighted by Gasteiger charge is 2.37. The number of hydrogen-bond donors (Lipinski definition) is 0. The monoisotopic (exact) mass is 366 g/mol. The van der Waals surface area contributed by atoms with Gasteiger partial charge in [0.2, 0.25) is 5.96 Å². The predicted molar refractivity (Wildman–Crippen MR) is 102 cm³/mol. The molecule has 0 saturated carbocycles. The van der Waals surface area contributed by atoms with E-state index in [2.05, 4.69) is 9.89 Å². The molecule has 2 amide bonds. The number of benzene rings is 1. The summed E-state index contributed by atoms with van der Waals surface area (Å²) in [7, 11) is 0. The quantitative estimate of drug-likeness (QED) is 0.817. The van der Waals surface area contributed by atoms with Crippen LogP contribution in [0.5, 0.6) is 0 Å². The molecule has 1 unspecified atom stereocenters. The molecule has 1 saturated heterocycles. The highest BCUT2D eigenvalue weighted by Crippen LogP contribution is 2.24. The number of nitrogens with zero attached hydrogens (tertiary/aromatic N) is 4. The number of piperazine rings is 1. The first-order valence-corrected chi connectivity index (χ1v) is 9.11. The average molecular weight is 366 g/mol. The smallest absolute Gasteiger partial charge is 0.289 e. The molecule has 3 heterocycles. The van der Waals surface area contributed by atoms with E-state index in [9.17, 15) is 9.59 Å². The molecule has 2 aromatic rings. The summed E-state index contributed by atoms with van der Waals surface area (Å²) in [4.78, 5) is 35.2. The summed E-state index contributed by atoms with van der Waals surface area (Å²) in [5.41, 5.74) is 1.96. The van der Waals surface area contributed by atoms with Gasteiger partial charge in [-0.25, -0.2) is 9.89 Å². The Bertz CT molecular complexity index is 865. The van der Waals surface area contributed by atoms with E-state index in [4.69, 9.17) is 4.42 Å². The van der Waals surface area contributed by atoms with Gasteiger partial charge in [0.25, 0.3) is 11.8 Å². The molecule has 2 aliphatic heterocycles. The van der Waals surface area contributed by atoms with Gasteiger partial charge in [0.1, 0.15) is 6.04 Å². The minimum Gasteiger partial charge on any atom is -0.459 e. The molecule has 0 spiro atoms. The second-order valence-corrected chi connectivity index (χ2v) is 6.87. The minimum atomic E-state index is -0.399. The van der Waals surface area contributed by atoms with Crippen LogP contribution in [0.2, 0.25) is 0 Å². The van der Waals surface area contributed by atoms with Crippen molar-refractivity contribution in [1.82, 2.24) is 9.80 Å². The van der Waals surface area contributed by atoms with Gasteiger partial charge in [-0.15, -0.1) is 0 Å². The Morgan fingerprint density at radius 2 is 1.81 bits per heavy atom. The standard InChI is InChI=1S/C20H22N4O3/c1-14-5-7-16(8-6-14)24-18(25)15(2)21-20(24)23-11-9-22(10-12-23)19(26)17-4-3-13-27-17/h3-8,13,15H,9-12H2,1-2H3. The van der Waals surface area contributed by atoms with Crippen LogP contribution in [0.3, 0.4) is 0 Å². The van der Waals surface area contributed by atoms with Crippen molar-refractivity contribution in [2.45, 2.75) is 19.9 Å². The van der Waals surface area contributed by atoms with Crippen LogP contribution in [0, 0.1) is 6.92 Å². The molecule has 1 aromatic carbocycles. The Kier molecular flexibility index (Phi) is 4.43. The van der Waals surface area contributed by atoms with Crippen molar-refractivity contribution in [2.24, 2.45) is 4.99 Å². The molecular weight excluding hydrogens is 344 g/mol. The molecule has 4 rings (SSSR count). The molecule has 27 heavy (non-hydrogen) atoms. The van der Waals surface area contributed by atoms with Crippen LogP contribution in [0.1, 0.15) is 23.0 Å². The van der Waals surface area contributed by atoms with Gasteiger partial charge in [0.05, 0.1) is 12.0 Å². The fourth-order valence-corrected chi connectivity index (χ4v) is 3.40. The molecule has 0 radical (unpaired) electrons. The summed E-state index contributed by atoms with van der Waals surface area (Å²) in [6.07, 6.45) is 1.50. The molecule has 2 aliphatic rings.